The molecular weight excluding hydrogens is 997 g/mol. The third-order valence-corrected chi connectivity index (χ3v) is 26.1. The van der Waals surface area contributed by atoms with Gasteiger partial charge in [0.2, 0.25) is 0 Å². The molecule has 0 bridgehead atoms. The average molecular weight is 1100 g/mol. The Labute approximate surface area is 447 Å². The lowest BCUT2D eigenvalue weighted by Gasteiger charge is -2.46. The SMILES string of the molecule is C#CCCC/C=C/[C@@H](OCOC)[C@H](CC[C@@H](O[Si](C)(C)C(C)(C)C)[C@@H](CC[C@H](OS(=O)(=O)c1ccc(C)cc1)[C@@H](CCCCCCCCCC)OCOC)O[Si](C)(C)C(C)(C)C)OS(=O)(=O)c1ccc(C)cc1. The molecule has 0 radical (unpaired) electrons. The highest BCUT2D eigenvalue weighted by Crippen LogP contribution is 2.42. The van der Waals surface area contributed by atoms with E-state index in [4.69, 9.17) is 42.6 Å². The standard InChI is InChI=1S/C57H98O12S2Si2/c1-17-19-21-23-24-25-27-29-31-51(65-45-63-12)53(67-71(60,61)49-38-34-47(4)35-39-49)41-43-55(69-73(15,16)57(8,9)10)54(68-72(13,14)56(5,6)7)42-40-52(50(64-44-62-11)30-28-26-22-20-18-2)66-70(58,59)48-36-32-46(3)33-37-48/h2,28,30,32-39,50-55H,17,19-27,29,31,40-45H2,1,3-16H3/b30-28+/t50-,51-,52+,53+,54-,55-/m1/s1. The lowest BCUT2D eigenvalue weighted by Crippen LogP contribution is -2.52. The van der Waals surface area contributed by atoms with Crippen LogP contribution in [0.3, 0.4) is 0 Å². The normalized spacial score (nSPS) is 15.8. The minimum Gasteiger partial charge on any atom is -0.411 e. The third-order valence-electron chi connectivity index (χ3n) is 14.4. The van der Waals surface area contributed by atoms with Crippen LogP contribution in [0.4, 0.5) is 0 Å². The fourth-order valence-electron chi connectivity index (χ4n) is 7.82. The number of methoxy groups -OCH3 is 2. The monoisotopic (exact) mass is 1090 g/mol. The Morgan fingerprint density at radius 2 is 0.973 bits per heavy atom. The number of rotatable bonds is 38. The molecule has 12 nitrogen and oxygen atoms in total. The summed E-state index contributed by atoms with van der Waals surface area (Å²) >= 11 is 0. The molecule has 73 heavy (non-hydrogen) atoms. The van der Waals surface area contributed by atoms with Gasteiger partial charge < -0.3 is 27.8 Å². The molecule has 0 saturated carbocycles. The van der Waals surface area contributed by atoms with E-state index in [1.54, 1.807) is 55.6 Å². The molecule has 16 heteroatoms. The molecule has 0 aromatic heterocycles. The minimum absolute atomic E-state index is 0.0312. The Kier molecular flexibility index (Phi) is 29.8. The lowest BCUT2D eigenvalue weighted by molar-refractivity contribution is -0.112. The molecule has 0 spiro atoms. The second-order valence-electron chi connectivity index (χ2n) is 22.7. The predicted molar refractivity (Wildman–Crippen MR) is 302 cm³/mol. The second-order valence-corrected chi connectivity index (χ2v) is 35.4. The predicted octanol–water partition coefficient (Wildman–Crippen LogP) is 14.4. The van der Waals surface area contributed by atoms with Crippen molar-refractivity contribution in [2.45, 2.75) is 248 Å². The van der Waals surface area contributed by atoms with Crippen molar-refractivity contribution in [3.8, 4) is 12.3 Å². The Morgan fingerprint density at radius 3 is 1.41 bits per heavy atom. The van der Waals surface area contributed by atoms with Crippen LogP contribution in [0, 0.1) is 26.2 Å². The van der Waals surface area contributed by atoms with E-state index in [2.05, 4.69) is 80.6 Å². The number of ether oxygens (including phenoxy) is 4. The largest absolute Gasteiger partial charge is 0.411 e. The molecule has 418 valence electrons. The van der Waals surface area contributed by atoms with Crippen LogP contribution >= 0.6 is 0 Å². The maximum Gasteiger partial charge on any atom is 0.297 e. The molecule has 0 N–H and O–H groups in total. The van der Waals surface area contributed by atoms with Gasteiger partial charge >= 0.3 is 0 Å². The summed E-state index contributed by atoms with van der Waals surface area (Å²) in [6, 6.07) is 13.3. The Balaban J connectivity index is 2.84. The van der Waals surface area contributed by atoms with E-state index >= 15 is 0 Å². The molecule has 0 aliphatic rings. The summed E-state index contributed by atoms with van der Waals surface area (Å²) in [6.45, 7) is 27.8. The van der Waals surface area contributed by atoms with Gasteiger partial charge in [-0.3, -0.25) is 8.37 Å². The van der Waals surface area contributed by atoms with Crippen molar-refractivity contribution in [2.75, 3.05) is 27.8 Å². The zero-order chi connectivity index (χ0) is 54.9. The molecule has 0 fully saturated rings. The highest BCUT2D eigenvalue weighted by atomic mass is 32.2. The first-order valence-corrected chi connectivity index (χ1v) is 35.4. The second kappa shape index (κ2) is 32.5. The smallest absolute Gasteiger partial charge is 0.297 e. The first-order valence-electron chi connectivity index (χ1n) is 26.8. The van der Waals surface area contributed by atoms with Crippen LogP contribution in [0.15, 0.2) is 70.5 Å². The number of benzene rings is 2. The van der Waals surface area contributed by atoms with Crippen LogP contribution in [0.25, 0.3) is 0 Å². The summed E-state index contributed by atoms with van der Waals surface area (Å²) < 4.78 is 108. The molecule has 0 saturated heterocycles. The Bertz CT molecular complexity index is 2130. The van der Waals surface area contributed by atoms with E-state index in [1.807, 2.05) is 26.0 Å². The maximum absolute atomic E-state index is 14.3. The zero-order valence-electron chi connectivity index (χ0n) is 47.8. The van der Waals surface area contributed by atoms with E-state index in [9.17, 15) is 16.8 Å². The first-order chi connectivity index (χ1) is 34.1. The molecule has 0 aliphatic heterocycles. The number of allylic oxidation sites excluding steroid dienone is 1. The van der Waals surface area contributed by atoms with E-state index < -0.39 is 73.5 Å². The number of hydrogen-bond donors (Lipinski definition) is 0. The topological polar surface area (TPSA) is 142 Å². The fourth-order valence-corrected chi connectivity index (χ4v) is 12.8. The Morgan fingerprint density at radius 1 is 0.562 bits per heavy atom. The third kappa shape index (κ3) is 24.3. The van der Waals surface area contributed by atoms with E-state index in [0.717, 1.165) is 43.2 Å². The van der Waals surface area contributed by atoms with Crippen LogP contribution in [-0.2, 0) is 56.4 Å². The van der Waals surface area contributed by atoms with Crippen molar-refractivity contribution >= 4 is 36.9 Å². The van der Waals surface area contributed by atoms with Crippen LogP contribution in [0.1, 0.15) is 162 Å². The van der Waals surface area contributed by atoms with Gasteiger partial charge in [-0.2, -0.15) is 16.8 Å². The molecule has 2 aromatic carbocycles. The number of aryl methyl sites for hydroxylation is 2. The molecule has 0 amide bonds. The van der Waals surface area contributed by atoms with Gasteiger partial charge in [-0.25, -0.2) is 0 Å². The summed E-state index contributed by atoms with van der Waals surface area (Å²) in [5, 5.41) is -0.430. The van der Waals surface area contributed by atoms with Crippen molar-refractivity contribution in [3.05, 3.63) is 71.8 Å². The van der Waals surface area contributed by atoms with Gasteiger partial charge in [0.25, 0.3) is 20.2 Å². The quantitative estimate of drug-likeness (QED) is 0.0158. The summed E-state index contributed by atoms with van der Waals surface area (Å²) in [6.07, 6.45) is 17.3. The zero-order valence-corrected chi connectivity index (χ0v) is 51.4. The van der Waals surface area contributed by atoms with E-state index in [0.29, 0.717) is 32.1 Å². The van der Waals surface area contributed by atoms with E-state index in [-0.39, 0.29) is 46.3 Å². The van der Waals surface area contributed by atoms with Crippen molar-refractivity contribution in [1.82, 2.24) is 0 Å². The minimum atomic E-state index is -4.29. The van der Waals surface area contributed by atoms with Gasteiger partial charge in [0.1, 0.15) is 31.9 Å². The van der Waals surface area contributed by atoms with Crippen molar-refractivity contribution in [1.29, 1.82) is 0 Å². The summed E-state index contributed by atoms with van der Waals surface area (Å²) in [5.41, 5.74) is 1.84. The van der Waals surface area contributed by atoms with Gasteiger partial charge in [0.05, 0.1) is 28.1 Å². The summed E-state index contributed by atoms with van der Waals surface area (Å²) in [5.74, 6) is 2.68. The maximum atomic E-state index is 14.3. The Hall–Kier alpha value is -2.25. The average Bonchev–Trinajstić information content (AvgIpc) is 3.30. The molecular formula is C57H98O12S2Si2. The number of unbranched alkanes of at least 4 members (excludes halogenated alkanes) is 9. The van der Waals surface area contributed by atoms with Crippen molar-refractivity contribution < 1.29 is 53.0 Å². The number of hydrogen-bond acceptors (Lipinski definition) is 12. The van der Waals surface area contributed by atoms with Crippen LogP contribution in [0.2, 0.25) is 36.3 Å². The molecule has 6 atom stereocenters. The molecule has 2 rings (SSSR count). The van der Waals surface area contributed by atoms with Crippen molar-refractivity contribution in [3.63, 3.8) is 0 Å². The molecule has 0 heterocycles. The van der Waals surface area contributed by atoms with Gasteiger partial charge in [0, 0.05) is 20.6 Å². The molecule has 0 aliphatic carbocycles. The highest BCUT2D eigenvalue weighted by molar-refractivity contribution is 7.87. The first kappa shape index (κ1) is 66.9. The van der Waals surface area contributed by atoms with Crippen LogP contribution < -0.4 is 0 Å². The highest BCUT2D eigenvalue weighted by Gasteiger charge is 2.46. The van der Waals surface area contributed by atoms with Crippen LogP contribution in [0.5, 0.6) is 0 Å². The van der Waals surface area contributed by atoms with Gasteiger partial charge in [-0.05, 0) is 119 Å². The molecule has 2 aromatic rings. The van der Waals surface area contributed by atoms with Crippen LogP contribution in [-0.4, -0.2) is 97.9 Å². The van der Waals surface area contributed by atoms with Gasteiger partial charge in [-0.1, -0.05) is 147 Å². The lowest BCUT2D eigenvalue weighted by atomic mass is 9.96. The fraction of sp³-hybridized carbons (Fsp3) is 0.719. The van der Waals surface area contributed by atoms with Gasteiger partial charge in [-0.15, -0.1) is 12.3 Å². The summed E-state index contributed by atoms with van der Waals surface area (Å²) in [7, 11) is -10.7. The van der Waals surface area contributed by atoms with Gasteiger partial charge in [0.15, 0.2) is 16.6 Å². The van der Waals surface area contributed by atoms with E-state index in [1.165, 1.54) is 32.8 Å². The van der Waals surface area contributed by atoms with Crippen molar-refractivity contribution in [2.24, 2.45) is 0 Å². The summed E-state index contributed by atoms with van der Waals surface area (Å²) in [4.78, 5) is 0.0968. The number of terminal acetylenes is 1. The molecule has 0 unspecified atom stereocenters.